The smallest absolute Gasteiger partial charge is 0.115 e. The Morgan fingerprint density at radius 1 is 0.778 bits per heavy atom. The van der Waals surface area contributed by atoms with Crippen LogP contribution in [0.1, 0.15) is 0 Å². The van der Waals surface area contributed by atoms with Crippen LogP contribution in [0.4, 0.5) is 0 Å². The summed E-state index contributed by atoms with van der Waals surface area (Å²) >= 11 is 0. The Balaban J connectivity index is 2.18. The van der Waals surface area contributed by atoms with Gasteiger partial charge in [-0.15, -0.1) is 10.2 Å². The minimum absolute atomic E-state index is 0.726. The standard InChI is InChI=1S/C14H10N4/c1-2-5-11(6-3-1)12-7-4-9-15-14(12)13-8-10-16-18-17-13/h1-10H. The number of pyridine rings is 1. The van der Waals surface area contributed by atoms with Crippen LogP contribution < -0.4 is 0 Å². The van der Waals surface area contributed by atoms with Crippen molar-refractivity contribution in [3.8, 4) is 22.5 Å². The van der Waals surface area contributed by atoms with Crippen LogP contribution >= 0.6 is 0 Å². The highest BCUT2D eigenvalue weighted by Gasteiger charge is 2.09. The van der Waals surface area contributed by atoms with E-state index in [1.165, 1.54) is 0 Å². The summed E-state index contributed by atoms with van der Waals surface area (Å²) in [5, 5.41) is 11.4. The third kappa shape index (κ3) is 1.96. The van der Waals surface area contributed by atoms with E-state index in [4.69, 9.17) is 0 Å². The molecule has 2 aromatic heterocycles. The Kier molecular flexibility index (Phi) is 2.75. The third-order valence-electron chi connectivity index (χ3n) is 2.64. The SMILES string of the molecule is c1ccc(-c2cccnc2-c2ccnnn2)cc1. The molecular formula is C14H10N4. The van der Waals surface area contributed by atoms with Gasteiger partial charge in [0, 0.05) is 11.8 Å². The highest BCUT2D eigenvalue weighted by Crippen LogP contribution is 2.27. The molecule has 0 aliphatic heterocycles. The van der Waals surface area contributed by atoms with Gasteiger partial charge in [-0.1, -0.05) is 36.4 Å². The molecule has 0 radical (unpaired) electrons. The van der Waals surface area contributed by atoms with Crippen molar-refractivity contribution in [3.05, 3.63) is 60.9 Å². The Hall–Kier alpha value is -2.62. The fourth-order valence-corrected chi connectivity index (χ4v) is 1.83. The van der Waals surface area contributed by atoms with Gasteiger partial charge in [-0.2, -0.15) is 0 Å². The molecule has 0 saturated heterocycles. The lowest BCUT2D eigenvalue weighted by Crippen LogP contribution is -1.94. The quantitative estimate of drug-likeness (QED) is 0.684. The maximum atomic E-state index is 4.40. The van der Waals surface area contributed by atoms with Crippen LogP contribution in [0.2, 0.25) is 0 Å². The molecule has 2 heterocycles. The molecule has 0 bridgehead atoms. The third-order valence-corrected chi connectivity index (χ3v) is 2.64. The molecular weight excluding hydrogens is 224 g/mol. The van der Waals surface area contributed by atoms with Gasteiger partial charge >= 0.3 is 0 Å². The van der Waals surface area contributed by atoms with Crippen molar-refractivity contribution >= 4 is 0 Å². The van der Waals surface area contributed by atoms with Crippen molar-refractivity contribution < 1.29 is 0 Å². The number of benzene rings is 1. The molecule has 0 atom stereocenters. The van der Waals surface area contributed by atoms with Gasteiger partial charge in [-0.3, -0.25) is 4.98 Å². The topological polar surface area (TPSA) is 51.6 Å². The van der Waals surface area contributed by atoms with E-state index in [-0.39, 0.29) is 0 Å². The molecule has 1 aromatic carbocycles. The Morgan fingerprint density at radius 2 is 1.67 bits per heavy atom. The second kappa shape index (κ2) is 4.71. The molecule has 0 spiro atoms. The van der Waals surface area contributed by atoms with Crippen LogP contribution in [-0.4, -0.2) is 20.4 Å². The normalized spacial score (nSPS) is 10.2. The summed E-state index contributed by atoms with van der Waals surface area (Å²) in [6.07, 6.45) is 3.37. The second-order valence-corrected chi connectivity index (χ2v) is 3.77. The zero-order valence-corrected chi connectivity index (χ0v) is 9.56. The van der Waals surface area contributed by atoms with Crippen molar-refractivity contribution in [1.29, 1.82) is 0 Å². The fourth-order valence-electron chi connectivity index (χ4n) is 1.83. The molecule has 0 N–H and O–H groups in total. The van der Waals surface area contributed by atoms with Gasteiger partial charge < -0.3 is 0 Å². The van der Waals surface area contributed by atoms with Crippen molar-refractivity contribution in [2.75, 3.05) is 0 Å². The van der Waals surface area contributed by atoms with Crippen molar-refractivity contribution in [2.24, 2.45) is 0 Å². The summed E-state index contributed by atoms with van der Waals surface area (Å²) in [5.41, 5.74) is 3.70. The summed E-state index contributed by atoms with van der Waals surface area (Å²) < 4.78 is 0. The average molecular weight is 234 g/mol. The fraction of sp³-hybridized carbons (Fsp3) is 0. The number of hydrogen-bond acceptors (Lipinski definition) is 4. The predicted octanol–water partition coefficient (Wildman–Crippen LogP) is 2.60. The summed E-state index contributed by atoms with van der Waals surface area (Å²) in [7, 11) is 0. The lowest BCUT2D eigenvalue weighted by atomic mass is 10.0. The van der Waals surface area contributed by atoms with E-state index >= 15 is 0 Å². The number of aromatic nitrogens is 4. The first-order valence-corrected chi connectivity index (χ1v) is 5.60. The molecule has 3 aromatic rings. The Morgan fingerprint density at radius 3 is 2.44 bits per heavy atom. The highest BCUT2D eigenvalue weighted by atomic mass is 15.3. The lowest BCUT2D eigenvalue weighted by molar-refractivity contribution is 0.868. The predicted molar refractivity (Wildman–Crippen MR) is 68.5 cm³/mol. The average Bonchev–Trinajstić information content (AvgIpc) is 2.49. The molecule has 0 fully saturated rings. The maximum Gasteiger partial charge on any atom is 0.115 e. The van der Waals surface area contributed by atoms with Crippen LogP contribution in [0, 0.1) is 0 Å². The molecule has 4 heteroatoms. The molecule has 4 nitrogen and oxygen atoms in total. The first kappa shape index (κ1) is 10.5. The van der Waals surface area contributed by atoms with Gasteiger partial charge in [-0.25, -0.2) is 0 Å². The van der Waals surface area contributed by atoms with E-state index in [0.717, 1.165) is 22.5 Å². The van der Waals surface area contributed by atoms with Gasteiger partial charge in [0.1, 0.15) is 5.69 Å². The van der Waals surface area contributed by atoms with E-state index < -0.39 is 0 Å². The molecule has 0 aliphatic carbocycles. The number of hydrogen-bond donors (Lipinski definition) is 0. The van der Waals surface area contributed by atoms with Gasteiger partial charge in [0.25, 0.3) is 0 Å². The molecule has 3 rings (SSSR count). The van der Waals surface area contributed by atoms with Crippen LogP contribution in [-0.2, 0) is 0 Å². The highest BCUT2D eigenvalue weighted by molar-refractivity contribution is 5.78. The zero-order chi connectivity index (χ0) is 12.2. The summed E-state index contributed by atoms with van der Waals surface area (Å²) in [5.74, 6) is 0. The lowest BCUT2D eigenvalue weighted by Gasteiger charge is -2.06. The van der Waals surface area contributed by atoms with E-state index in [1.54, 1.807) is 12.4 Å². The van der Waals surface area contributed by atoms with E-state index in [2.05, 4.69) is 32.5 Å². The zero-order valence-electron chi connectivity index (χ0n) is 9.56. The molecule has 0 unspecified atom stereocenters. The Labute approximate surface area is 104 Å². The van der Waals surface area contributed by atoms with Crippen molar-refractivity contribution in [3.63, 3.8) is 0 Å². The Bertz CT molecular complexity index is 580. The van der Waals surface area contributed by atoms with Crippen LogP contribution in [0.25, 0.3) is 22.5 Å². The van der Waals surface area contributed by atoms with Gasteiger partial charge in [0.2, 0.25) is 0 Å². The molecule has 0 aliphatic rings. The van der Waals surface area contributed by atoms with Crippen LogP contribution in [0.3, 0.4) is 0 Å². The van der Waals surface area contributed by atoms with E-state index in [9.17, 15) is 0 Å². The number of nitrogens with zero attached hydrogens (tertiary/aromatic N) is 4. The van der Waals surface area contributed by atoms with Gasteiger partial charge in [0.05, 0.1) is 11.9 Å². The summed E-state index contributed by atoms with van der Waals surface area (Å²) in [6, 6.07) is 15.9. The minimum Gasteiger partial charge on any atom is -0.254 e. The molecule has 18 heavy (non-hydrogen) atoms. The molecule has 0 amide bonds. The first-order valence-electron chi connectivity index (χ1n) is 5.60. The minimum atomic E-state index is 0.726. The van der Waals surface area contributed by atoms with Crippen molar-refractivity contribution in [2.45, 2.75) is 0 Å². The van der Waals surface area contributed by atoms with Gasteiger partial charge in [-0.05, 0) is 22.9 Å². The molecule has 86 valence electrons. The van der Waals surface area contributed by atoms with Gasteiger partial charge in [0.15, 0.2) is 0 Å². The maximum absolute atomic E-state index is 4.40. The second-order valence-electron chi connectivity index (χ2n) is 3.77. The number of rotatable bonds is 2. The largest absolute Gasteiger partial charge is 0.254 e. The monoisotopic (exact) mass is 234 g/mol. The van der Waals surface area contributed by atoms with Crippen molar-refractivity contribution in [1.82, 2.24) is 20.4 Å². The van der Waals surface area contributed by atoms with Crippen LogP contribution in [0.15, 0.2) is 60.9 Å². The first-order chi connectivity index (χ1) is 8.95. The van der Waals surface area contributed by atoms with Crippen LogP contribution in [0.5, 0.6) is 0 Å². The van der Waals surface area contributed by atoms with E-state index in [1.807, 2.05) is 36.4 Å². The molecule has 0 saturated carbocycles. The van der Waals surface area contributed by atoms with E-state index in [0.29, 0.717) is 0 Å². The summed E-state index contributed by atoms with van der Waals surface area (Å²) in [4.78, 5) is 4.40. The summed E-state index contributed by atoms with van der Waals surface area (Å²) in [6.45, 7) is 0.